The van der Waals surface area contributed by atoms with Crippen molar-refractivity contribution in [2.24, 2.45) is 16.3 Å². The summed E-state index contributed by atoms with van der Waals surface area (Å²) in [5, 5.41) is 3.62. The topological polar surface area (TPSA) is 40.1 Å². The Morgan fingerprint density at radius 3 is 2.88 bits per heavy atom. The van der Waals surface area contributed by atoms with Crippen molar-refractivity contribution < 1.29 is 4.74 Å². The minimum atomic E-state index is 0. The van der Waals surface area contributed by atoms with Crippen molar-refractivity contribution >= 4 is 29.9 Å². The zero-order chi connectivity index (χ0) is 16.3. The van der Waals surface area contributed by atoms with Crippen LogP contribution in [-0.2, 0) is 4.74 Å². The van der Waals surface area contributed by atoms with Gasteiger partial charge in [-0.3, -0.25) is 9.89 Å². The number of nitrogens with one attached hydrogen (secondary N) is 1. The first-order valence-electron chi connectivity index (χ1n) is 9.39. The van der Waals surface area contributed by atoms with Gasteiger partial charge < -0.3 is 15.0 Å². The summed E-state index contributed by atoms with van der Waals surface area (Å²) >= 11 is 0. The van der Waals surface area contributed by atoms with Crippen LogP contribution in [-0.4, -0.2) is 74.8 Å². The number of hydrogen-bond donors (Lipinski definition) is 1. The van der Waals surface area contributed by atoms with Gasteiger partial charge in [-0.05, 0) is 45.1 Å². The second-order valence-electron chi connectivity index (χ2n) is 7.99. The lowest BCUT2D eigenvalue weighted by molar-refractivity contribution is 0.139. The van der Waals surface area contributed by atoms with Gasteiger partial charge in [0.05, 0.1) is 6.61 Å². The van der Waals surface area contributed by atoms with Gasteiger partial charge in [0.15, 0.2) is 5.96 Å². The lowest BCUT2D eigenvalue weighted by Crippen LogP contribution is -2.49. The highest BCUT2D eigenvalue weighted by atomic mass is 127. The van der Waals surface area contributed by atoms with Crippen LogP contribution >= 0.6 is 24.0 Å². The van der Waals surface area contributed by atoms with E-state index in [1.807, 2.05) is 7.05 Å². The molecule has 0 aliphatic carbocycles. The number of likely N-dealkylation sites (tertiary alicyclic amines) is 2. The Morgan fingerprint density at radius 1 is 1.38 bits per heavy atom. The van der Waals surface area contributed by atoms with Gasteiger partial charge in [-0.25, -0.2) is 0 Å². The Labute approximate surface area is 164 Å². The van der Waals surface area contributed by atoms with E-state index in [-0.39, 0.29) is 24.0 Å². The monoisotopic (exact) mass is 450 g/mol. The standard InChI is InChI=1S/C18H34N4O.HI/c1-15-5-4-8-21(12-15)16(2)11-20-17(19-3)22-9-6-18(13-22)7-10-23-14-18;/h15-16H,4-14H2,1-3H3,(H,19,20);1H. The average molecular weight is 450 g/mol. The molecule has 1 spiro atoms. The van der Waals surface area contributed by atoms with Crippen molar-refractivity contribution in [2.75, 3.05) is 53.0 Å². The van der Waals surface area contributed by atoms with Gasteiger partial charge >= 0.3 is 0 Å². The van der Waals surface area contributed by atoms with Crippen LogP contribution in [0.5, 0.6) is 0 Å². The van der Waals surface area contributed by atoms with Crippen molar-refractivity contribution in [2.45, 2.75) is 45.6 Å². The van der Waals surface area contributed by atoms with E-state index in [1.165, 1.54) is 38.8 Å². The normalized spacial score (nSPS) is 32.9. The van der Waals surface area contributed by atoms with Gasteiger partial charge in [0, 0.05) is 51.3 Å². The van der Waals surface area contributed by atoms with Crippen LogP contribution in [0, 0.1) is 11.3 Å². The molecule has 1 N–H and O–H groups in total. The number of ether oxygens (including phenoxy) is 1. The van der Waals surface area contributed by atoms with Crippen molar-refractivity contribution in [1.29, 1.82) is 0 Å². The fourth-order valence-electron chi connectivity index (χ4n) is 4.41. The molecule has 3 aliphatic heterocycles. The molecular weight excluding hydrogens is 415 g/mol. The van der Waals surface area contributed by atoms with Crippen molar-refractivity contribution in [3.63, 3.8) is 0 Å². The number of hydrogen-bond acceptors (Lipinski definition) is 3. The molecule has 0 aromatic rings. The summed E-state index contributed by atoms with van der Waals surface area (Å²) in [4.78, 5) is 9.59. The minimum absolute atomic E-state index is 0. The van der Waals surface area contributed by atoms with E-state index < -0.39 is 0 Å². The van der Waals surface area contributed by atoms with Gasteiger partial charge in [-0.15, -0.1) is 24.0 Å². The molecule has 140 valence electrons. The summed E-state index contributed by atoms with van der Waals surface area (Å²) in [6, 6.07) is 0.570. The Kier molecular flexibility index (Phi) is 7.61. The largest absolute Gasteiger partial charge is 0.381 e. The van der Waals surface area contributed by atoms with E-state index in [0.29, 0.717) is 11.5 Å². The molecule has 24 heavy (non-hydrogen) atoms. The molecule has 3 atom stereocenters. The second kappa shape index (κ2) is 9.03. The lowest BCUT2D eigenvalue weighted by atomic mass is 9.87. The Balaban J connectivity index is 0.00000208. The molecule has 3 unspecified atom stereocenters. The van der Waals surface area contributed by atoms with Crippen molar-refractivity contribution in [3.05, 3.63) is 0 Å². The molecule has 3 fully saturated rings. The Morgan fingerprint density at radius 2 is 2.21 bits per heavy atom. The molecule has 3 heterocycles. The van der Waals surface area contributed by atoms with Crippen LogP contribution < -0.4 is 5.32 Å². The van der Waals surface area contributed by atoms with Crippen LogP contribution in [0.4, 0.5) is 0 Å². The van der Waals surface area contributed by atoms with Gasteiger partial charge in [0.1, 0.15) is 0 Å². The SMILES string of the molecule is CN=C(NCC(C)N1CCCC(C)C1)N1CCC2(CCOC2)C1.I. The van der Waals surface area contributed by atoms with Crippen molar-refractivity contribution in [3.8, 4) is 0 Å². The van der Waals surface area contributed by atoms with Gasteiger partial charge in [-0.2, -0.15) is 0 Å². The predicted molar refractivity (Wildman–Crippen MR) is 110 cm³/mol. The first kappa shape index (κ1) is 20.2. The Hall–Kier alpha value is -0.0800. The summed E-state index contributed by atoms with van der Waals surface area (Å²) < 4.78 is 5.64. The zero-order valence-electron chi connectivity index (χ0n) is 15.6. The molecular formula is C18H35IN4O. The average Bonchev–Trinajstić information content (AvgIpc) is 3.18. The van der Waals surface area contributed by atoms with E-state index in [2.05, 4.69) is 34.0 Å². The van der Waals surface area contributed by atoms with Crippen LogP contribution in [0.15, 0.2) is 4.99 Å². The Bertz CT molecular complexity index is 425. The summed E-state index contributed by atoms with van der Waals surface area (Å²) in [5.74, 6) is 1.91. The molecule has 3 aliphatic rings. The molecule has 3 saturated heterocycles. The molecule has 0 saturated carbocycles. The molecule has 3 rings (SSSR count). The summed E-state index contributed by atoms with van der Waals surface area (Å²) in [5.41, 5.74) is 0.394. The third-order valence-electron chi connectivity index (χ3n) is 6.00. The molecule has 0 aromatic heterocycles. The highest BCUT2D eigenvalue weighted by Gasteiger charge is 2.42. The number of aliphatic imine (C=N–C) groups is 1. The summed E-state index contributed by atoms with van der Waals surface area (Å²) in [7, 11) is 1.91. The molecule has 0 aromatic carbocycles. The van der Waals surface area contributed by atoms with Gasteiger partial charge in [0.25, 0.3) is 0 Å². The van der Waals surface area contributed by atoms with Gasteiger partial charge in [0.2, 0.25) is 0 Å². The highest BCUT2D eigenvalue weighted by molar-refractivity contribution is 14.0. The number of nitrogens with zero attached hydrogens (tertiary/aromatic N) is 3. The van der Waals surface area contributed by atoms with E-state index in [9.17, 15) is 0 Å². The van der Waals surface area contributed by atoms with Crippen molar-refractivity contribution in [1.82, 2.24) is 15.1 Å². The fourth-order valence-corrected chi connectivity index (χ4v) is 4.41. The summed E-state index contributed by atoms with van der Waals surface area (Å²) in [6.45, 7) is 12.3. The third-order valence-corrected chi connectivity index (χ3v) is 6.00. The predicted octanol–water partition coefficient (Wildman–Crippen LogP) is 2.41. The first-order chi connectivity index (χ1) is 11.1. The minimum Gasteiger partial charge on any atom is -0.381 e. The zero-order valence-corrected chi connectivity index (χ0v) is 17.9. The maximum Gasteiger partial charge on any atom is 0.193 e. The van der Waals surface area contributed by atoms with Crippen LogP contribution in [0.25, 0.3) is 0 Å². The van der Waals surface area contributed by atoms with E-state index >= 15 is 0 Å². The van der Waals surface area contributed by atoms with Crippen LogP contribution in [0.1, 0.15) is 39.5 Å². The molecule has 0 radical (unpaired) electrons. The number of halogens is 1. The first-order valence-corrected chi connectivity index (χ1v) is 9.39. The lowest BCUT2D eigenvalue weighted by Gasteiger charge is -2.36. The van der Waals surface area contributed by atoms with Gasteiger partial charge in [-0.1, -0.05) is 6.92 Å². The fraction of sp³-hybridized carbons (Fsp3) is 0.944. The van der Waals surface area contributed by atoms with Crippen LogP contribution in [0.2, 0.25) is 0 Å². The number of rotatable bonds is 3. The number of guanidine groups is 1. The molecule has 0 amide bonds. The highest BCUT2D eigenvalue weighted by Crippen LogP contribution is 2.38. The molecule has 6 heteroatoms. The van der Waals surface area contributed by atoms with E-state index in [0.717, 1.165) is 44.7 Å². The number of piperidine rings is 1. The van der Waals surface area contributed by atoms with E-state index in [4.69, 9.17) is 4.74 Å². The maximum absolute atomic E-state index is 5.64. The smallest absolute Gasteiger partial charge is 0.193 e. The molecule has 5 nitrogen and oxygen atoms in total. The maximum atomic E-state index is 5.64. The quantitative estimate of drug-likeness (QED) is 0.408. The molecule has 0 bridgehead atoms. The third kappa shape index (κ3) is 4.75. The van der Waals surface area contributed by atoms with Crippen LogP contribution in [0.3, 0.4) is 0 Å². The second-order valence-corrected chi connectivity index (χ2v) is 7.99. The summed E-state index contributed by atoms with van der Waals surface area (Å²) in [6.07, 6.45) is 5.18. The van der Waals surface area contributed by atoms with E-state index in [1.54, 1.807) is 0 Å².